The maximum Gasteiger partial charge on any atom is 0.283 e. The minimum Gasteiger partial charge on any atom is -0.497 e. The Labute approximate surface area is 202 Å². The normalized spacial score (nSPS) is 16.6. The fourth-order valence-electron chi connectivity index (χ4n) is 4.09. The number of thioether (sulfide) groups is 1. The Bertz CT molecular complexity index is 1380. The van der Waals surface area contributed by atoms with Crippen LogP contribution in [0.1, 0.15) is 22.5 Å². The van der Waals surface area contributed by atoms with Gasteiger partial charge in [-0.3, -0.25) is 10.2 Å². The molecule has 1 amide bonds. The standard InChI is InChI=1S/C26H23N5O2S/c1-16-13-19(17(2)30(16)20-9-11-21(33-3)12-10-20)15-22-24(27)31-26(28-25(22)32)34-23(29-31)14-18-7-5-4-6-8-18/h4-13,15,27H,14H2,1-3H3. The summed E-state index contributed by atoms with van der Waals surface area (Å²) in [5.74, 6) is 0.410. The van der Waals surface area contributed by atoms with Gasteiger partial charge in [-0.15, -0.1) is 0 Å². The van der Waals surface area contributed by atoms with Gasteiger partial charge in [0.2, 0.25) is 5.17 Å². The van der Waals surface area contributed by atoms with Crippen molar-refractivity contribution in [2.75, 3.05) is 7.11 Å². The predicted molar refractivity (Wildman–Crippen MR) is 137 cm³/mol. The van der Waals surface area contributed by atoms with Crippen LogP contribution in [0, 0.1) is 19.3 Å². The molecule has 0 aliphatic carbocycles. The molecule has 0 saturated heterocycles. The van der Waals surface area contributed by atoms with Crippen LogP contribution in [0.2, 0.25) is 0 Å². The summed E-state index contributed by atoms with van der Waals surface area (Å²) in [5, 5.41) is 15.9. The van der Waals surface area contributed by atoms with Crippen LogP contribution in [0.15, 0.2) is 76.3 Å². The molecule has 34 heavy (non-hydrogen) atoms. The second-order valence-corrected chi connectivity index (χ2v) is 9.08. The number of benzene rings is 2. The van der Waals surface area contributed by atoms with Crippen LogP contribution in [0.25, 0.3) is 11.8 Å². The summed E-state index contributed by atoms with van der Waals surface area (Å²) < 4.78 is 7.37. The summed E-state index contributed by atoms with van der Waals surface area (Å²) in [4.78, 5) is 17.1. The fraction of sp³-hybridized carbons (Fsp3) is 0.154. The molecule has 3 aromatic rings. The van der Waals surface area contributed by atoms with Gasteiger partial charge in [0, 0.05) is 23.5 Å². The first-order chi connectivity index (χ1) is 16.4. The highest BCUT2D eigenvalue weighted by atomic mass is 32.2. The second kappa shape index (κ2) is 8.79. The summed E-state index contributed by atoms with van der Waals surface area (Å²) in [6.07, 6.45) is 2.37. The van der Waals surface area contributed by atoms with E-state index in [1.807, 2.05) is 74.5 Å². The highest BCUT2D eigenvalue weighted by Crippen LogP contribution is 2.31. The number of hydrazone groups is 1. The number of hydrogen-bond donors (Lipinski definition) is 1. The van der Waals surface area contributed by atoms with Gasteiger partial charge in [0.05, 0.1) is 12.7 Å². The zero-order chi connectivity index (χ0) is 23.8. The van der Waals surface area contributed by atoms with Crippen LogP contribution in [0.5, 0.6) is 5.75 Å². The van der Waals surface area contributed by atoms with E-state index in [2.05, 4.69) is 14.7 Å². The lowest BCUT2D eigenvalue weighted by molar-refractivity contribution is -0.114. The van der Waals surface area contributed by atoms with Crippen LogP contribution in [0.3, 0.4) is 0 Å². The highest BCUT2D eigenvalue weighted by molar-refractivity contribution is 8.26. The number of amidine groups is 2. The summed E-state index contributed by atoms with van der Waals surface area (Å²) in [7, 11) is 1.64. The molecule has 2 aromatic carbocycles. The molecule has 1 aromatic heterocycles. The smallest absolute Gasteiger partial charge is 0.283 e. The number of methoxy groups -OCH3 is 1. The number of aliphatic imine (C=N–C) groups is 1. The molecule has 0 radical (unpaired) electrons. The van der Waals surface area contributed by atoms with Gasteiger partial charge in [-0.05, 0) is 73.1 Å². The van der Waals surface area contributed by atoms with E-state index in [9.17, 15) is 4.79 Å². The lowest BCUT2D eigenvalue weighted by Gasteiger charge is -2.20. The van der Waals surface area contributed by atoms with E-state index in [0.717, 1.165) is 39.0 Å². The second-order valence-electron chi connectivity index (χ2n) is 8.04. The number of carbonyl (C=O) groups is 1. The SMILES string of the molecule is COc1ccc(-n2c(C)cc(C=C3C(=N)N4N=C(Cc5ccccc5)SC4=NC3=O)c2C)cc1. The Balaban J connectivity index is 1.45. The molecule has 0 atom stereocenters. The molecular formula is C26H23N5O2S. The van der Waals surface area contributed by atoms with Gasteiger partial charge in [0.25, 0.3) is 5.91 Å². The van der Waals surface area contributed by atoms with Gasteiger partial charge in [-0.1, -0.05) is 30.3 Å². The maximum absolute atomic E-state index is 12.9. The van der Waals surface area contributed by atoms with Crippen molar-refractivity contribution in [2.24, 2.45) is 10.1 Å². The van der Waals surface area contributed by atoms with Gasteiger partial charge in [-0.25, -0.2) is 0 Å². The molecular weight excluding hydrogens is 446 g/mol. The first-order valence-corrected chi connectivity index (χ1v) is 11.6. The number of fused-ring (bicyclic) bond motifs is 1. The molecule has 7 nitrogen and oxygen atoms in total. The molecule has 0 fully saturated rings. The van der Waals surface area contributed by atoms with Crippen molar-refractivity contribution in [3.05, 3.63) is 88.8 Å². The first kappa shape index (κ1) is 21.9. The number of ether oxygens (including phenoxy) is 1. The van der Waals surface area contributed by atoms with Gasteiger partial charge >= 0.3 is 0 Å². The molecule has 8 heteroatoms. The number of carbonyl (C=O) groups excluding carboxylic acids is 1. The topological polar surface area (TPSA) is 83.0 Å². The summed E-state index contributed by atoms with van der Waals surface area (Å²) in [6, 6.07) is 19.8. The zero-order valence-electron chi connectivity index (χ0n) is 19.1. The highest BCUT2D eigenvalue weighted by Gasteiger charge is 2.35. The Morgan fingerprint density at radius 1 is 1.09 bits per heavy atom. The summed E-state index contributed by atoms with van der Waals surface area (Å²) in [5.41, 5.74) is 5.19. The number of aryl methyl sites for hydroxylation is 1. The fourth-order valence-corrected chi connectivity index (χ4v) is 5.01. The van der Waals surface area contributed by atoms with Gasteiger partial charge in [0.15, 0.2) is 5.84 Å². The largest absolute Gasteiger partial charge is 0.497 e. The molecule has 2 aliphatic heterocycles. The third-order valence-electron chi connectivity index (χ3n) is 5.80. The molecule has 0 spiro atoms. The number of hydrogen-bond acceptors (Lipinski definition) is 5. The number of nitrogens with one attached hydrogen (secondary N) is 1. The van der Waals surface area contributed by atoms with E-state index >= 15 is 0 Å². The average Bonchev–Trinajstić information content (AvgIpc) is 3.36. The third kappa shape index (κ3) is 3.97. The van der Waals surface area contributed by atoms with Crippen molar-refractivity contribution in [1.29, 1.82) is 5.41 Å². The number of aromatic nitrogens is 1. The van der Waals surface area contributed by atoms with E-state index < -0.39 is 5.91 Å². The Kier molecular flexibility index (Phi) is 5.67. The number of rotatable bonds is 5. The van der Waals surface area contributed by atoms with Crippen molar-refractivity contribution in [3.63, 3.8) is 0 Å². The summed E-state index contributed by atoms with van der Waals surface area (Å²) in [6.45, 7) is 4.01. The molecule has 0 saturated carbocycles. The van der Waals surface area contributed by atoms with Crippen molar-refractivity contribution >= 4 is 39.8 Å². The molecule has 5 rings (SSSR count). The monoisotopic (exact) mass is 469 g/mol. The molecule has 2 aliphatic rings. The lowest BCUT2D eigenvalue weighted by Crippen LogP contribution is -2.35. The maximum atomic E-state index is 12.9. The van der Waals surface area contributed by atoms with Crippen molar-refractivity contribution in [1.82, 2.24) is 9.58 Å². The van der Waals surface area contributed by atoms with Crippen molar-refractivity contribution < 1.29 is 9.53 Å². The van der Waals surface area contributed by atoms with E-state index in [4.69, 9.17) is 10.1 Å². The van der Waals surface area contributed by atoms with Crippen molar-refractivity contribution in [2.45, 2.75) is 20.3 Å². The van der Waals surface area contributed by atoms with Gasteiger partial charge in [0.1, 0.15) is 10.8 Å². The van der Waals surface area contributed by atoms with Crippen LogP contribution in [-0.4, -0.2) is 38.6 Å². The van der Waals surface area contributed by atoms with E-state index in [-0.39, 0.29) is 11.4 Å². The quantitative estimate of drug-likeness (QED) is 0.535. The van der Waals surface area contributed by atoms with E-state index in [0.29, 0.717) is 11.6 Å². The molecule has 3 heterocycles. The minimum absolute atomic E-state index is 0.0415. The molecule has 170 valence electrons. The van der Waals surface area contributed by atoms with Crippen molar-refractivity contribution in [3.8, 4) is 11.4 Å². The Hall–Kier alpha value is -3.91. The van der Waals surface area contributed by atoms with Gasteiger partial charge < -0.3 is 9.30 Å². The van der Waals surface area contributed by atoms with E-state index in [1.54, 1.807) is 13.2 Å². The number of nitrogens with zero attached hydrogens (tertiary/aromatic N) is 4. The third-order valence-corrected chi connectivity index (χ3v) is 6.70. The van der Waals surface area contributed by atoms with Crippen LogP contribution in [0.4, 0.5) is 0 Å². The average molecular weight is 470 g/mol. The molecule has 1 N–H and O–H groups in total. The zero-order valence-corrected chi connectivity index (χ0v) is 19.9. The van der Waals surface area contributed by atoms with Crippen LogP contribution >= 0.6 is 11.8 Å². The lowest BCUT2D eigenvalue weighted by atomic mass is 10.1. The molecule has 0 unspecified atom stereocenters. The Morgan fingerprint density at radius 3 is 2.53 bits per heavy atom. The predicted octanol–water partition coefficient (Wildman–Crippen LogP) is 4.96. The summed E-state index contributed by atoms with van der Waals surface area (Å²) >= 11 is 1.34. The van der Waals surface area contributed by atoms with Crippen LogP contribution in [-0.2, 0) is 11.2 Å². The minimum atomic E-state index is -0.422. The molecule has 0 bridgehead atoms. The first-order valence-electron chi connectivity index (χ1n) is 10.8. The van der Waals surface area contributed by atoms with E-state index in [1.165, 1.54) is 16.8 Å². The van der Waals surface area contributed by atoms with Gasteiger partial charge in [-0.2, -0.15) is 15.1 Å². The van der Waals surface area contributed by atoms with Crippen LogP contribution < -0.4 is 4.74 Å². The number of amides is 1. The Morgan fingerprint density at radius 2 is 1.82 bits per heavy atom.